The van der Waals surface area contributed by atoms with Crippen LogP contribution in [0.3, 0.4) is 0 Å². The minimum absolute atomic E-state index is 0.0720. The van der Waals surface area contributed by atoms with Crippen LogP contribution in [0.4, 0.5) is 0 Å². The van der Waals surface area contributed by atoms with E-state index in [1.165, 1.54) is 19.3 Å². The third-order valence-corrected chi connectivity index (χ3v) is 12.1. The normalized spacial score (nSPS) is 45.4. The van der Waals surface area contributed by atoms with Gasteiger partial charge in [0.15, 0.2) is 4.33 Å². The molecule has 3 heterocycles. The summed E-state index contributed by atoms with van der Waals surface area (Å²) in [7, 11) is 0. The van der Waals surface area contributed by atoms with Crippen molar-refractivity contribution in [1.82, 2.24) is 5.06 Å². The standard InChI is InChI=1S/C21H23Cl6NO4/c1-2-3-4-5-6-7-8-31-28-17(29)9-10(18(28)30)14-12-11(13(9)32-14)19(24)15(22)16(23)20(12,25)21(19,26)27/h9-14H,2-8H2,1H3/t9-,10+,11-,12-,13+,14-,19+,20+/m0/s1. The van der Waals surface area contributed by atoms with Crippen molar-refractivity contribution in [1.29, 1.82) is 0 Å². The van der Waals surface area contributed by atoms with Gasteiger partial charge in [-0.1, -0.05) is 85.4 Å². The van der Waals surface area contributed by atoms with E-state index in [4.69, 9.17) is 79.2 Å². The van der Waals surface area contributed by atoms with Gasteiger partial charge in [0.1, 0.15) is 9.75 Å². The molecular formula is C21H23Cl6NO4. The van der Waals surface area contributed by atoms with E-state index in [2.05, 4.69) is 6.92 Å². The summed E-state index contributed by atoms with van der Waals surface area (Å²) in [4.78, 5) is 28.9. The molecule has 5 rings (SSSR count). The van der Waals surface area contributed by atoms with E-state index in [-0.39, 0.29) is 10.1 Å². The molecule has 32 heavy (non-hydrogen) atoms. The zero-order chi connectivity index (χ0) is 23.2. The molecule has 0 N–H and O–H groups in total. The average Bonchev–Trinajstić information content (AvgIpc) is 3.45. The zero-order valence-corrected chi connectivity index (χ0v) is 21.8. The van der Waals surface area contributed by atoms with E-state index in [9.17, 15) is 9.59 Å². The number of carbonyl (C=O) groups is 2. The summed E-state index contributed by atoms with van der Waals surface area (Å²) in [6, 6.07) is 0. The summed E-state index contributed by atoms with van der Waals surface area (Å²) in [6.45, 7) is 2.47. The van der Waals surface area contributed by atoms with Crippen LogP contribution in [0.15, 0.2) is 10.1 Å². The summed E-state index contributed by atoms with van der Waals surface area (Å²) in [5.41, 5.74) is 0. The summed E-state index contributed by atoms with van der Waals surface area (Å²) in [5, 5.41) is 1.05. The molecule has 2 aliphatic carbocycles. The van der Waals surface area contributed by atoms with Gasteiger partial charge in [0.25, 0.3) is 11.8 Å². The van der Waals surface area contributed by atoms with Crippen molar-refractivity contribution < 1.29 is 19.2 Å². The molecule has 4 bridgehead atoms. The fourth-order valence-electron chi connectivity index (χ4n) is 6.44. The smallest absolute Gasteiger partial charge is 0.260 e. The Morgan fingerprint density at radius 1 is 0.844 bits per heavy atom. The Morgan fingerprint density at radius 2 is 1.31 bits per heavy atom. The van der Waals surface area contributed by atoms with Gasteiger partial charge in [-0.3, -0.25) is 14.4 Å². The first-order chi connectivity index (χ1) is 15.1. The monoisotopic (exact) mass is 563 g/mol. The number of nitrogens with zero attached hydrogens (tertiary/aromatic N) is 1. The van der Waals surface area contributed by atoms with E-state index in [0.29, 0.717) is 6.61 Å². The molecule has 2 amide bonds. The van der Waals surface area contributed by atoms with E-state index in [0.717, 1.165) is 24.3 Å². The van der Waals surface area contributed by atoms with Crippen molar-refractivity contribution in [3.05, 3.63) is 10.1 Å². The Hall–Kier alpha value is 0.540. The molecular weight excluding hydrogens is 543 g/mol. The summed E-state index contributed by atoms with van der Waals surface area (Å²) < 4.78 is 4.41. The first-order valence-electron chi connectivity index (χ1n) is 11.0. The van der Waals surface area contributed by atoms with E-state index >= 15 is 0 Å². The number of rotatable bonds is 8. The quantitative estimate of drug-likeness (QED) is 0.214. The van der Waals surface area contributed by atoms with Gasteiger partial charge in [0.2, 0.25) is 0 Å². The van der Waals surface area contributed by atoms with Crippen LogP contribution in [0.1, 0.15) is 45.4 Å². The predicted octanol–water partition coefficient (Wildman–Crippen LogP) is 5.74. The van der Waals surface area contributed by atoms with Gasteiger partial charge in [-0.05, 0) is 6.42 Å². The van der Waals surface area contributed by atoms with Crippen LogP contribution in [0.25, 0.3) is 0 Å². The van der Waals surface area contributed by atoms with Crippen molar-refractivity contribution in [2.24, 2.45) is 23.7 Å². The van der Waals surface area contributed by atoms with Crippen molar-refractivity contribution in [3.63, 3.8) is 0 Å². The van der Waals surface area contributed by atoms with Gasteiger partial charge >= 0.3 is 0 Å². The fraction of sp³-hybridized carbons (Fsp3) is 0.810. The van der Waals surface area contributed by atoms with Gasteiger partial charge in [-0.15, -0.1) is 23.2 Å². The lowest BCUT2D eigenvalue weighted by atomic mass is 9.65. The first kappa shape index (κ1) is 24.2. The Labute approximate surface area is 216 Å². The highest BCUT2D eigenvalue weighted by Gasteiger charge is 2.90. The lowest BCUT2D eigenvalue weighted by molar-refractivity contribution is -0.192. The molecule has 0 radical (unpaired) electrons. The fourth-order valence-corrected chi connectivity index (χ4v) is 9.50. The summed E-state index contributed by atoms with van der Waals surface area (Å²) in [5.74, 6) is -3.45. The molecule has 5 nitrogen and oxygen atoms in total. The van der Waals surface area contributed by atoms with Crippen LogP contribution in [0, 0.1) is 23.7 Å². The van der Waals surface area contributed by atoms with Crippen LogP contribution < -0.4 is 0 Å². The van der Waals surface area contributed by atoms with Crippen LogP contribution in [-0.2, 0) is 19.2 Å². The van der Waals surface area contributed by atoms with E-state index < -0.39 is 61.8 Å². The van der Waals surface area contributed by atoms with Crippen molar-refractivity contribution in [3.8, 4) is 0 Å². The second kappa shape index (κ2) is 8.03. The number of carbonyl (C=O) groups excluding carboxylic acids is 2. The number of hydrogen-bond donors (Lipinski definition) is 0. The Kier molecular flexibility index (Phi) is 6.08. The Balaban J connectivity index is 1.34. The second-order valence-corrected chi connectivity index (χ2v) is 12.6. The number of amides is 2. The average molecular weight is 566 g/mol. The molecule has 0 aromatic heterocycles. The van der Waals surface area contributed by atoms with Gasteiger partial charge in [0.05, 0.1) is 40.7 Å². The van der Waals surface area contributed by atoms with Crippen LogP contribution in [0.5, 0.6) is 0 Å². The van der Waals surface area contributed by atoms with Gasteiger partial charge in [0, 0.05) is 11.8 Å². The van der Waals surface area contributed by atoms with Crippen molar-refractivity contribution in [2.75, 3.05) is 6.61 Å². The molecule has 3 saturated heterocycles. The molecule has 3 aliphatic heterocycles. The number of allylic oxidation sites excluding steroid dienone is 2. The SMILES string of the molecule is CCCCCCCCON1C(=O)[C@@H]2[C@H]3O[C@@H]([C@@H]2C1=O)[C@@H]1[C@@H]3[C@@]2(Cl)C(Cl)=C(Cl)[C@@]1(Cl)C2(Cl)Cl. The van der Waals surface area contributed by atoms with Crippen molar-refractivity contribution >= 4 is 81.4 Å². The van der Waals surface area contributed by atoms with Gasteiger partial charge < -0.3 is 4.74 Å². The third kappa shape index (κ3) is 2.69. The molecule has 5 aliphatic rings. The second-order valence-electron chi connectivity index (χ2n) is 9.37. The highest BCUT2D eigenvalue weighted by atomic mass is 35.5. The third-order valence-electron chi connectivity index (χ3n) is 7.86. The lowest BCUT2D eigenvalue weighted by Crippen LogP contribution is -2.50. The lowest BCUT2D eigenvalue weighted by Gasteiger charge is -2.39. The van der Waals surface area contributed by atoms with E-state index in [1.807, 2.05) is 0 Å². The summed E-state index contributed by atoms with van der Waals surface area (Å²) in [6.07, 6.45) is 5.01. The number of unbranched alkanes of at least 4 members (excludes halogenated alkanes) is 5. The van der Waals surface area contributed by atoms with Gasteiger partial charge in [-0.2, -0.15) is 5.06 Å². The molecule has 11 heteroatoms. The summed E-state index contributed by atoms with van der Waals surface area (Å²) >= 11 is 40.2. The molecule has 8 atom stereocenters. The number of fused-ring (bicyclic) bond motifs is 12. The maximum atomic E-state index is 13.2. The molecule has 0 aromatic carbocycles. The molecule has 1 saturated carbocycles. The topological polar surface area (TPSA) is 55.8 Å². The molecule has 178 valence electrons. The Bertz CT molecular complexity index is 840. The van der Waals surface area contributed by atoms with Crippen LogP contribution in [-0.4, -0.2) is 49.8 Å². The molecule has 0 unspecified atom stereocenters. The first-order valence-corrected chi connectivity index (χ1v) is 13.3. The minimum Gasteiger partial charge on any atom is -0.373 e. The largest absolute Gasteiger partial charge is 0.373 e. The minimum atomic E-state index is -1.72. The molecule has 0 spiro atoms. The Morgan fingerprint density at radius 3 is 1.81 bits per heavy atom. The number of ether oxygens (including phenoxy) is 1. The van der Waals surface area contributed by atoms with Crippen LogP contribution >= 0.6 is 69.6 Å². The van der Waals surface area contributed by atoms with E-state index in [1.54, 1.807) is 0 Å². The highest BCUT2D eigenvalue weighted by molar-refractivity contribution is 6.65. The maximum Gasteiger partial charge on any atom is 0.260 e. The number of hydroxylamine groups is 2. The van der Waals surface area contributed by atoms with Crippen molar-refractivity contribution in [2.45, 2.75) is 71.7 Å². The maximum absolute atomic E-state index is 13.2. The number of hydrogen-bond acceptors (Lipinski definition) is 4. The molecule has 0 aromatic rings. The predicted molar refractivity (Wildman–Crippen MR) is 124 cm³/mol. The number of halogens is 6. The van der Waals surface area contributed by atoms with Crippen LogP contribution in [0.2, 0.25) is 0 Å². The molecule has 4 fully saturated rings. The zero-order valence-electron chi connectivity index (χ0n) is 17.3. The number of alkyl halides is 4. The van der Waals surface area contributed by atoms with Gasteiger partial charge in [-0.25, -0.2) is 0 Å². The number of imide groups is 1. The highest BCUT2D eigenvalue weighted by Crippen LogP contribution is 2.81.